The smallest absolute Gasteiger partial charge is 0.170 e. The summed E-state index contributed by atoms with van der Waals surface area (Å²) in [4.78, 5) is 13.5. The van der Waals surface area contributed by atoms with Crippen LogP contribution in [0.4, 0.5) is 0 Å². The maximum absolute atomic E-state index is 11.3. The molecule has 78 valence electrons. The molecule has 3 heteroatoms. The van der Waals surface area contributed by atoms with Crippen LogP contribution in [0.15, 0.2) is 40.9 Å². The molecule has 0 aliphatic carbocycles. The first-order chi connectivity index (χ1) is 7.24. The summed E-state index contributed by atoms with van der Waals surface area (Å²) in [5.41, 5.74) is 1.24. The second-order valence-electron chi connectivity index (χ2n) is 3.69. The summed E-state index contributed by atoms with van der Waals surface area (Å²) < 4.78 is 0.967. The first-order valence-electron chi connectivity index (χ1n) is 4.89. The number of benzene rings is 1. The van der Waals surface area contributed by atoms with Crippen LogP contribution in [-0.4, -0.2) is 23.8 Å². The van der Waals surface area contributed by atoms with Crippen molar-refractivity contribution in [2.75, 3.05) is 13.1 Å². The molecule has 0 saturated heterocycles. The molecule has 1 aliphatic heterocycles. The first kappa shape index (κ1) is 10.6. The van der Waals surface area contributed by atoms with Gasteiger partial charge in [-0.05, 0) is 11.6 Å². The molecule has 0 amide bonds. The lowest BCUT2D eigenvalue weighted by Crippen LogP contribution is -2.33. The summed E-state index contributed by atoms with van der Waals surface area (Å²) in [6.07, 6.45) is 1.67. The van der Waals surface area contributed by atoms with Gasteiger partial charge in [-0.15, -0.1) is 0 Å². The zero-order chi connectivity index (χ0) is 10.7. The highest BCUT2D eigenvalue weighted by Crippen LogP contribution is 2.15. The number of hydrogen-bond donors (Lipinski definition) is 0. The zero-order valence-corrected chi connectivity index (χ0v) is 9.90. The molecule has 0 bridgehead atoms. The normalized spacial score (nSPS) is 17.7. The largest absolute Gasteiger partial charge is 0.293 e. The van der Waals surface area contributed by atoms with Crippen LogP contribution in [0.5, 0.6) is 0 Å². The SMILES string of the molecule is O=C1C=C(Br)CN(Cc2ccccc2)C1. The van der Waals surface area contributed by atoms with Gasteiger partial charge in [-0.2, -0.15) is 0 Å². The highest BCUT2D eigenvalue weighted by Gasteiger charge is 2.16. The highest BCUT2D eigenvalue weighted by molar-refractivity contribution is 9.11. The molecular formula is C12H12BrNO. The molecule has 1 aliphatic rings. The van der Waals surface area contributed by atoms with E-state index in [4.69, 9.17) is 0 Å². The summed E-state index contributed by atoms with van der Waals surface area (Å²) in [7, 11) is 0. The lowest BCUT2D eigenvalue weighted by Gasteiger charge is -2.24. The van der Waals surface area contributed by atoms with Gasteiger partial charge in [0.05, 0.1) is 6.54 Å². The lowest BCUT2D eigenvalue weighted by atomic mass is 10.2. The average molecular weight is 266 g/mol. The maximum Gasteiger partial charge on any atom is 0.170 e. The topological polar surface area (TPSA) is 20.3 Å². The van der Waals surface area contributed by atoms with Crippen molar-refractivity contribution < 1.29 is 4.79 Å². The van der Waals surface area contributed by atoms with Gasteiger partial charge in [0.1, 0.15) is 0 Å². The van der Waals surface area contributed by atoms with Gasteiger partial charge in [0.15, 0.2) is 5.78 Å². The second kappa shape index (κ2) is 4.73. The van der Waals surface area contributed by atoms with Gasteiger partial charge in [0.25, 0.3) is 0 Å². The Labute approximate surface area is 97.7 Å². The Bertz CT molecular complexity index is 386. The van der Waals surface area contributed by atoms with Crippen LogP contribution in [0.25, 0.3) is 0 Å². The second-order valence-corrected chi connectivity index (χ2v) is 4.71. The van der Waals surface area contributed by atoms with Crippen molar-refractivity contribution in [3.05, 3.63) is 46.5 Å². The van der Waals surface area contributed by atoms with E-state index in [9.17, 15) is 4.79 Å². The van der Waals surface area contributed by atoms with Crippen molar-refractivity contribution in [2.45, 2.75) is 6.54 Å². The fraction of sp³-hybridized carbons (Fsp3) is 0.250. The van der Waals surface area contributed by atoms with E-state index in [1.807, 2.05) is 18.2 Å². The van der Waals surface area contributed by atoms with Crippen LogP contribution >= 0.6 is 15.9 Å². The molecular weight excluding hydrogens is 254 g/mol. The molecule has 0 saturated carbocycles. The van der Waals surface area contributed by atoms with Gasteiger partial charge in [-0.25, -0.2) is 0 Å². The summed E-state index contributed by atoms with van der Waals surface area (Å²) >= 11 is 3.38. The molecule has 0 radical (unpaired) electrons. The van der Waals surface area contributed by atoms with Crippen molar-refractivity contribution in [1.29, 1.82) is 0 Å². The van der Waals surface area contributed by atoms with Crippen molar-refractivity contribution in [2.24, 2.45) is 0 Å². The minimum Gasteiger partial charge on any atom is -0.293 e. The average Bonchev–Trinajstić information content (AvgIpc) is 2.17. The summed E-state index contributed by atoms with van der Waals surface area (Å²) in [5, 5.41) is 0. The maximum atomic E-state index is 11.3. The van der Waals surface area contributed by atoms with E-state index in [1.54, 1.807) is 6.08 Å². The Morgan fingerprint density at radius 3 is 2.60 bits per heavy atom. The molecule has 0 aromatic heterocycles. The van der Waals surface area contributed by atoms with Crippen LogP contribution in [0.2, 0.25) is 0 Å². The number of ketones is 1. The molecule has 0 N–H and O–H groups in total. The van der Waals surface area contributed by atoms with Crippen LogP contribution < -0.4 is 0 Å². The van der Waals surface area contributed by atoms with Gasteiger partial charge in [-0.1, -0.05) is 46.3 Å². The van der Waals surface area contributed by atoms with E-state index in [2.05, 4.69) is 33.0 Å². The van der Waals surface area contributed by atoms with Gasteiger partial charge in [0.2, 0.25) is 0 Å². The van der Waals surface area contributed by atoms with E-state index in [-0.39, 0.29) is 5.78 Å². The molecule has 0 fully saturated rings. The van der Waals surface area contributed by atoms with Crippen molar-refractivity contribution >= 4 is 21.7 Å². The predicted molar refractivity (Wildman–Crippen MR) is 63.7 cm³/mol. The number of carbonyl (C=O) groups is 1. The van der Waals surface area contributed by atoms with E-state index in [0.29, 0.717) is 6.54 Å². The van der Waals surface area contributed by atoms with E-state index < -0.39 is 0 Å². The Balaban J connectivity index is 2.02. The molecule has 0 atom stereocenters. The van der Waals surface area contributed by atoms with E-state index in [0.717, 1.165) is 17.6 Å². The van der Waals surface area contributed by atoms with Crippen molar-refractivity contribution in [1.82, 2.24) is 4.90 Å². The van der Waals surface area contributed by atoms with E-state index >= 15 is 0 Å². The lowest BCUT2D eigenvalue weighted by molar-refractivity contribution is -0.116. The predicted octanol–water partition coefficient (Wildman–Crippen LogP) is 2.35. The highest BCUT2D eigenvalue weighted by atomic mass is 79.9. The third kappa shape index (κ3) is 3.01. The Morgan fingerprint density at radius 2 is 1.93 bits per heavy atom. The molecule has 0 spiro atoms. The third-order valence-corrected chi connectivity index (χ3v) is 2.80. The standard InChI is InChI=1S/C12H12BrNO/c13-11-6-12(15)9-14(8-11)7-10-4-2-1-3-5-10/h1-6H,7-9H2. The molecule has 1 aromatic rings. The molecule has 1 aromatic carbocycles. The Morgan fingerprint density at radius 1 is 1.20 bits per heavy atom. The quantitative estimate of drug-likeness (QED) is 0.819. The van der Waals surface area contributed by atoms with E-state index in [1.165, 1.54) is 5.56 Å². The van der Waals surface area contributed by atoms with Crippen LogP contribution in [-0.2, 0) is 11.3 Å². The third-order valence-electron chi connectivity index (χ3n) is 2.32. The van der Waals surface area contributed by atoms with Gasteiger partial charge < -0.3 is 0 Å². The number of hydrogen-bond acceptors (Lipinski definition) is 2. The fourth-order valence-electron chi connectivity index (χ4n) is 1.71. The number of nitrogens with zero attached hydrogens (tertiary/aromatic N) is 1. The first-order valence-corrected chi connectivity index (χ1v) is 5.68. The fourth-order valence-corrected chi connectivity index (χ4v) is 2.32. The summed E-state index contributed by atoms with van der Waals surface area (Å²) in [6, 6.07) is 10.2. The van der Waals surface area contributed by atoms with Crippen LogP contribution in [0.1, 0.15) is 5.56 Å². The monoisotopic (exact) mass is 265 g/mol. The Kier molecular flexibility index (Phi) is 3.34. The number of halogens is 1. The number of carbonyl (C=O) groups excluding carboxylic acids is 1. The molecule has 2 nitrogen and oxygen atoms in total. The minimum atomic E-state index is 0.170. The molecule has 2 rings (SSSR count). The van der Waals surface area contributed by atoms with Gasteiger partial charge in [0, 0.05) is 17.6 Å². The summed E-state index contributed by atoms with van der Waals surface area (Å²) in [6.45, 7) is 2.17. The minimum absolute atomic E-state index is 0.170. The van der Waals surface area contributed by atoms with Gasteiger partial charge in [-0.3, -0.25) is 9.69 Å². The van der Waals surface area contributed by atoms with Crippen molar-refractivity contribution in [3.63, 3.8) is 0 Å². The van der Waals surface area contributed by atoms with Crippen LogP contribution in [0.3, 0.4) is 0 Å². The molecule has 1 heterocycles. The Hall–Kier alpha value is -0.930. The van der Waals surface area contributed by atoms with Crippen molar-refractivity contribution in [3.8, 4) is 0 Å². The van der Waals surface area contributed by atoms with Crippen LogP contribution in [0, 0.1) is 0 Å². The summed E-state index contributed by atoms with van der Waals surface area (Å²) in [5.74, 6) is 0.170. The molecule has 0 unspecified atom stereocenters. The number of rotatable bonds is 2. The van der Waals surface area contributed by atoms with Gasteiger partial charge >= 0.3 is 0 Å². The molecule has 15 heavy (non-hydrogen) atoms. The zero-order valence-electron chi connectivity index (χ0n) is 8.32.